The van der Waals surface area contributed by atoms with Crippen LogP contribution >= 0.6 is 12.4 Å². The summed E-state index contributed by atoms with van der Waals surface area (Å²) >= 11 is 0. The van der Waals surface area contributed by atoms with Crippen molar-refractivity contribution in [1.29, 1.82) is 0 Å². The van der Waals surface area contributed by atoms with Crippen molar-refractivity contribution in [3.05, 3.63) is 29.3 Å². The van der Waals surface area contributed by atoms with Crippen molar-refractivity contribution in [1.82, 2.24) is 0 Å². The van der Waals surface area contributed by atoms with Crippen LogP contribution < -0.4 is 4.74 Å². The lowest BCUT2D eigenvalue weighted by Gasteiger charge is -2.29. The Kier molecular flexibility index (Phi) is 3.72. The van der Waals surface area contributed by atoms with Crippen molar-refractivity contribution in [2.24, 2.45) is 10.9 Å². The summed E-state index contributed by atoms with van der Waals surface area (Å²) < 4.78 is 5.28. The molecular weight excluding hydrogens is 234 g/mol. The van der Waals surface area contributed by atoms with E-state index in [-0.39, 0.29) is 12.4 Å². The van der Waals surface area contributed by atoms with Gasteiger partial charge in [-0.25, -0.2) is 0 Å². The Balaban J connectivity index is 0.00000108. The Morgan fingerprint density at radius 2 is 2.18 bits per heavy atom. The van der Waals surface area contributed by atoms with Gasteiger partial charge in [-0.2, -0.15) is 0 Å². The van der Waals surface area contributed by atoms with Crippen LogP contribution in [0.5, 0.6) is 5.75 Å². The zero-order valence-electron chi connectivity index (χ0n) is 10.1. The lowest BCUT2D eigenvalue weighted by Crippen LogP contribution is -2.28. The summed E-state index contributed by atoms with van der Waals surface area (Å²) in [6.45, 7) is 1.03. The van der Waals surface area contributed by atoms with Gasteiger partial charge in [0.15, 0.2) is 0 Å². The fourth-order valence-electron chi connectivity index (χ4n) is 2.83. The highest BCUT2D eigenvalue weighted by Crippen LogP contribution is 2.31. The SMILES string of the molecule is COc1ccc2c(c1)CC1=NCCCC1C2.Cl. The second-order valence-corrected chi connectivity index (χ2v) is 4.73. The Bertz CT molecular complexity index is 442. The number of nitrogens with zero attached hydrogens (tertiary/aromatic N) is 1. The summed E-state index contributed by atoms with van der Waals surface area (Å²) in [6.07, 6.45) is 4.80. The van der Waals surface area contributed by atoms with Crippen LogP contribution in [0, 0.1) is 5.92 Å². The molecule has 1 aliphatic heterocycles. The first-order chi connectivity index (χ1) is 7.86. The van der Waals surface area contributed by atoms with E-state index in [1.165, 1.54) is 36.1 Å². The summed E-state index contributed by atoms with van der Waals surface area (Å²) in [5, 5.41) is 0. The molecule has 3 heteroatoms. The number of rotatable bonds is 1. The van der Waals surface area contributed by atoms with Gasteiger partial charge in [-0.15, -0.1) is 12.4 Å². The summed E-state index contributed by atoms with van der Waals surface area (Å²) in [7, 11) is 1.73. The topological polar surface area (TPSA) is 21.6 Å². The van der Waals surface area contributed by atoms with Crippen LogP contribution in [0.1, 0.15) is 24.0 Å². The van der Waals surface area contributed by atoms with E-state index in [0.717, 1.165) is 24.6 Å². The smallest absolute Gasteiger partial charge is 0.119 e. The number of hydrogen-bond donors (Lipinski definition) is 0. The fraction of sp³-hybridized carbons (Fsp3) is 0.500. The molecule has 0 saturated carbocycles. The van der Waals surface area contributed by atoms with Gasteiger partial charge in [-0.1, -0.05) is 6.07 Å². The molecule has 0 radical (unpaired) electrons. The van der Waals surface area contributed by atoms with Crippen LogP contribution in [-0.2, 0) is 12.8 Å². The van der Waals surface area contributed by atoms with Crippen LogP contribution in [0.3, 0.4) is 0 Å². The first-order valence-electron chi connectivity index (χ1n) is 6.06. The highest BCUT2D eigenvalue weighted by atomic mass is 35.5. The van der Waals surface area contributed by atoms with Gasteiger partial charge in [-0.3, -0.25) is 4.99 Å². The van der Waals surface area contributed by atoms with Crippen LogP contribution in [0.15, 0.2) is 23.2 Å². The molecule has 1 aliphatic carbocycles. The van der Waals surface area contributed by atoms with E-state index in [4.69, 9.17) is 4.74 Å². The second-order valence-electron chi connectivity index (χ2n) is 4.73. The molecule has 1 aromatic rings. The maximum atomic E-state index is 5.28. The molecular formula is C14H18ClNO. The van der Waals surface area contributed by atoms with E-state index >= 15 is 0 Å². The van der Waals surface area contributed by atoms with Gasteiger partial charge >= 0.3 is 0 Å². The van der Waals surface area contributed by atoms with Crippen LogP contribution in [0.25, 0.3) is 0 Å². The van der Waals surface area contributed by atoms with E-state index in [1.807, 2.05) is 0 Å². The normalized spacial score (nSPS) is 21.7. The van der Waals surface area contributed by atoms with Crippen molar-refractivity contribution in [3.63, 3.8) is 0 Å². The van der Waals surface area contributed by atoms with E-state index in [1.54, 1.807) is 7.11 Å². The highest BCUT2D eigenvalue weighted by Gasteiger charge is 2.26. The van der Waals surface area contributed by atoms with Crippen molar-refractivity contribution >= 4 is 18.1 Å². The number of aliphatic imine (C=N–C) groups is 1. The average Bonchev–Trinajstić information content (AvgIpc) is 2.35. The van der Waals surface area contributed by atoms with Gasteiger partial charge in [0, 0.05) is 24.6 Å². The van der Waals surface area contributed by atoms with Gasteiger partial charge in [-0.05, 0) is 42.5 Å². The molecule has 0 amide bonds. The minimum Gasteiger partial charge on any atom is -0.497 e. The van der Waals surface area contributed by atoms with Crippen molar-refractivity contribution in [2.45, 2.75) is 25.7 Å². The fourth-order valence-corrected chi connectivity index (χ4v) is 2.83. The number of hydrogen-bond acceptors (Lipinski definition) is 2. The van der Waals surface area contributed by atoms with Gasteiger partial charge < -0.3 is 4.74 Å². The van der Waals surface area contributed by atoms with E-state index in [9.17, 15) is 0 Å². The zero-order valence-corrected chi connectivity index (χ0v) is 10.9. The molecule has 0 fully saturated rings. The first kappa shape index (κ1) is 12.4. The Hall–Kier alpha value is -1.02. The second kappa shape index (κ2) is 5.09. The maximum absolute atomic E-state index is 5.28. The third-order valence-electron chi connectivity index (χ3n) is 3.75. The molecule has 92 valence electrons. The minimum atomic E-state index is 0. The van der Waals surface area contributed by atoms with Crippen molar-refractivity contribution in [3.8, 4) is 5.75 Å². The number of benzene rings is 1. The summed E-state index contributed by atoms with van der Waals surface area (Å²) in [5.41, 5.74) is 4.33. The molecule has 1 aromatic carbocycles. The van der Waals surface area contributed by atoms with Crippen LogP contribution in [0.4, 0.5) is 0 Å². The van der Waals surface area contributed by atoms with Crippen molar-refractivity contribution < 1.29 is 4.74 Å². The third kappa shape index (κ3) is 2.32. The number of halogens is 1. The first-order valence-corrected chi connectivity index (χ1v) is 6.06. The van der Waals surface area contributed by atoms with E-state index in [0.29, 0.717) is 0 Å². The number of ether oxygens (including phenoxy) is 1. The molecule has 2 aliphatic rings. The van der Waals surface area contributed by atoms with E-state index in [2.05, 4.69) is 23.2 Å². The van der Waals surface area contributed by atoms with Crippen LogP contribution in [0.2, 0.25) is 0 Å². The van der Waals surface area contributed by atoms with Gasteiger partial charge in [0.1, 0.15) is 5.75 Å². The maximum Gasteiger partial charge on any atom is 0.119 e. The van der Waals surface area contributed by atoms with Gasteiger partial charge in [0.05, 0.1) is 7.11 Å². The van der Waals surface area contributed by atoms with Gasteiger partial charge in [0.2, 0.25) is 0 Å². The Morgan fingerprint density at radius 1 is 1.29 bits per heavy atom. The quantitative estimate of drug-likeness (QED) is 0.752. The van der Waals surface area contributed by atoms with E-state index < -0.39 is 0 Å². The van der Waals surface area contributed by atoms with Crippen LogP contribution in [-0.4, -0.2) is 19.4 Å². The predicted molar refractivity (Wildman–Crippen MR) is 72.7 cm³/mol. The lowest BCUT2D eigenvalue weighted by atomic mass is 9.79. The lowest BCUT2D eigenvalue weighted by molar-refractivity contribution is 0.413. The largest absolute Gasteiger partial charge is 0.497 e. The number of methoxy groups -OCH3 is 1. The zero-order chi connectivity index (χ0) is 11.0. The molecule has 2 nitrogen and oxygen atoms in total. The molecule has 0 aromatic heterocycles. The molecule has 1 unspecified atom stereocenters. The highest BCUT2D eigenvalue weighted by molar-refractivity contribution is 5.91. The molecule has 3 rings (SSSR count). The average molecular weight is 252 g/mol. The molecule has 0 spiro atoms. The monoisotopic (exact) mass is 251 g/mol. The number of fused-ring (bicyclic) bond motifs is 2. The summed E-state index contributed by atoms with van der Waals surface area (Å²) in [4.78, 5) is 4.68. The molecule has 1 heterocycles. The molecule has 0 N–H and O–H groups in total. The third-order valence-corrected chi connectivity index (χ3v) is 3.75. The van der Waals surface area contributed by atoms with Gasteiger partial charge in [0.25, 0.3) is 0 Å². The summed E-state index contributed by atoms with van der Waals surface area (Å²) in [6, 6.07) is 6.46. The molecule has 17 heavy (non-hydrogen) atoms. The molecule has 1 atom stereocenters. The minimum absolute atomic E-state index is 0. The Labute approximate surface area is 109 Å². The molecule has 0 bridgehead atoms. The standard InChI is InChI=1S/C14H17NO.ClH/c1-16-13-5-4-10-7-11-3-2-6-15-14(11)9-12(10)8-13;/h4-5,8,11H,2-3,6-7,9H2,1H3;1H. The summed E-state index contributed by atoms with van der Waals surface area (Å²) in [5.74, 6) is 1.68. The predicted octanol–water partition coefficient (Wildman–Crippen LogP) is 3.07. The molecule has 0 saturated heterocycles. The van der Waals surface area contributed by atoms with Crippen molar-refractivity contribution in [2.75, 3.05) is 13.7 Å². The Morgan fingerprint density at radius 3 is 3.00 bits per heavy atom.